The molecule has 0 atom stereocenters. The average Bonchev–Trinajstić information content (AvgIpc) is 3.93. The fourth-order valence-electron chi connectivity index (χ4n) is 9.50. The minimum Gasteiger partial charge on any atom is -0.456 e. The molecule has 0 saturated heterocycles. The molecule has 1 aliphatic rings. The van der Waals surface area contributed by atoms with Gasteiger partial charge in [-0.1, -0.05) is 170 Å². The van der Waals surface area contributed by atoms with Crippen LogP contribution < -0.4 is 0 Å². The smallest absolute Gasteiger partial charge is 0.235 e. The molecule has 0 bridgehead atoms. The van der Waals surface area contributed by atoms with Crippen LogP contribution in [0.2, 0.25) is 0 Å². The monoisotopic (exact) mass is 727 g/mol. The first kappa shape index (κ1) is 31.8. The second kappa shape index (κ2) is 12.2. The zero-order valence-electron chi connectivity index (χ0n) is 30.8. The summed E-state index contributed by atoms with van der Waals surface area (Å²) in [5.74, 6) is 0.632. The summed E-state index contributed by atoms with van der Waals surface area (Å²) in [5, 5.41) is 4.51. The third kappa shape index (κ3) is 4.56. The van der Waals surface area contributed by atoms with Gasteiger partial charge in [-0.3, -0.25) is 4.57 Å². The van der Waals surface area contributed by atoms with Crippen LogP contribution in [0.3, 0.4) is 0 Å². The molecular formula is C53H33N3O. The maximum Gasteiger partial charge on any atom is 0.235 e. The van der Waals surface area contributed by atoms with E-state index in [1.807, 2.05) is 18.2 Å². The van der Waals surface area contributed by atoms with Crippen molar-refractivity contribution < 1.29 is 4.42 Å². The number of nitrogens with zero attached hydrogens (tertiary/aromatic N) is 3. The van der Waals surface area contributed by atoms with Crippen LogP contribution in [0, 0.1) is 0 Å². The molecule has 0 unspecified atom stereocenters. The molecule has 8 aromatic carbocycles. The molecule has 0 aliphatic heterocycles. The second-order valence-corrected chi connectivity index (χ2v) is 14.9. The van der Waals surface area contributed by atoms with E-state index in [0.29, 0.717) is 5.95 Å². The maximum atomic E-state index is 6.87. The van der Waals surface area contributed by atoms with Crippen LogP contribution in [0.25, 0.3) is 83.3 Å². The molecule has 0 spiro atoms. The highest BCUT2D eigenvalue weighted by molar-refractivity contribution is 6.10. The minimum absolute atomic E-state index is 0.632. The molecule has 4 heteroatoms. The van der Waals surface area contributed by atoms with E-state index in [-0.39, 0.29) is 0 Å². The van der Waals surface area contributed by atoms with Crippen molar-refractivity contribution in [3.63, 3.8) is 0 Å². The minimum atomic E-state index is -0.665. The van der Waals surface area contributed by atoms with E-state index in [2.05, 4.69) is 187 Å². The van der Waals surface area contributed by atoms with E-state index in [0.717, 1.165) is 71.8 Å². The predicted molar refractivity (Wildman–Crippen MR) is 232 cm³/mol. The lowest BCUT2D eigenvalue weighted by Crippen LogP contribution is -2.28. The lowest BCUT2D eigenvalue weighted by atomic mass is 9.67. The van der Waals surface area contributed by atoms with Gasteiger partial charge in [0.2, 0.25) is 5.95 Å². The van der Waals surface area contributed by atoms with Gasteiger partial charge in [-0.05, 0) is 58.1 Å². The molecule has 0 radical (unpaired) electrons. The average molecular weight is 728 g/mol. The zero-order valence-corrected chi connectivity index (χ0v) is 30.8. The number of hydrogen-bond donors (Lipinski definition) is 0. The molecule has 0 amide bonds. The lowest BCUT2D eigenvalue weighted by molar-refractivity contribution is 0.648. The topological polar surface area (TPSA) is 43.9 Å². The molecule has 0 fully saturated rings. The first-order valence-corrected chi connectivity index (χ1v) is 19.4. The van der Waals surface area contributed by atoms with Crippen molar-refractivity contribution in [2.24, 2.45) is 0 Å². The number of furan rings is 1. The number of fused-ring (bicyclic) bond motifs is 9. The highest BCUT2D eigenvalue weighted by atomic mass is 16.3. The van der Waals surface area contributed by atoms with Gasteiger partial charge in [0, 0.05) is 38.2 Å². The van der Waals surface area contributed by atoms with E-state index >= 15 is 0 Å². The van der Waals surface area contributed by atoms with E-state index in [4.69, 9.17) is 14.4 Å². The predicted octanol–water partition coefficient (Wildman–Crippen LogP) is 13.2. The Hall–Kier alpha value is -7.56. The van der Waals surface area contributed by atoms with E-state index in [9.17, 15) is 0 Å². The Kier molecular flexibility index (Phi) is 6.81. The molecule has 11 aromatic rings. The standard InChI is InChI=1S/C53H33N3O/c1-3-16-34(17-4-1)46-33-47(35-18-5-2-6-19-35)55-52(54-46)56-48-28-13-9-22-39(48)42-32-36(30-31-49(42)56)53(43-25-11-7-20-37(43)38-21-8-12-26-44(38)53)45-27-15-24-41-40-23-10-14-29-50(40)57-51(41)45/h1-33H. The summed E-state index contributed by atoms with van der Waals surface area (Å²) in [6, 6.07) is 71.3. The van der Waals surface area contributed by atoms with Crippen LogP contribution >= 0.6 is 0 Å². The first-order chi connectivity index (χ1) is 28.3. The van der Waals surface area contributed by atoms with Crippen molar-refractivity contribution in [1.82, 2.24) is 14.5 Å². The number of aromatic nitrogens is 3. The van der Waals surface area contributed by atoms with Gasteiger partial charge in [-0.15, -0.1) is 0 Å². The van der Waals surface area contributed by atoms with Crippen molar-refractivity contribution in [3.05, 3.63) is 222 Å². The molecular weight excluding hydrogens is 695 g/mol. The molecule has 0 saturated carbocycles. The summed E-state index contributed by atoms with van der Waals surface area (Å²) >= 11 is 0. The van der Waals surface area contributed by atoms with E-state index in [1.165, 1.54) is 27.8 Å². The van der Waals surface area contributed by atoms with E-state index < -0.39 is 5.41 Å². The summed E-state index contributed by atoms with van der Waals surface area (Å²) in [5.41, 5.74) is 14.3. The zero-order chi connectivity index (χ0) is 37.5. The van der Waals surface area contributed by atoms with Gasteiger partial charge in [0.1, 0.15) is 11.2 Å². The Bertz CT molecular complexity index is 3260. The first-order valence-electron chi connectivity index (χ1n) is 19.4. The molecule has 266 valence electrons. The van der Waals surface area contributed by atoms with Gasteiger partial charge in [-0.2, -0.15) is 0 Å². The number of hydrogen-bond acceptors (Lipinski definition) is 3. The summed E-state index contributed by atoms with van der Waals surface area (Å²) in [6.07, 6.45) is 0. The number of rotatable bonds is 5. The van der Waals surface area contributed by atoms with Crippen molar-refractivity contribution in [3.8, 4) is 39.6 Å². The third-order valence-electron chi connectivity index (χ3n) is 11.9. The second-order valence-electron chi connectivity index (χ2n) is 14.9. The van der Waals surface area contributed by atoms with Gasteiger partial charge in [0.25, 0.3) is 0 Å². The van der Waals surface area contributed by atoms with Crippen LogP contribution in [0.15, 0.2) is 205 Å². The largest absolute Gasteiger partial charge is 0.456 e. The molecule has 3 aromatic heterocycles. The van der Waals surface area contributed by atoms with Crippen molar-refractivity contribution in [2.75, 3.05) is 0 Å². The quantitative estimate of drug-likeness (QED) is 0.177. The Morgan fingerprint density at radius 1 is 0.404 bits per heavy atom. The Labute approximate surface area is 329 Å². The normalized spacial score (nSPS) is 13.1. The van der Waals surface area contributed by atoms with Crippen LogP contribution in [0.5, 0.6) is 0 Å². The van der Waals surface area contributed by atoms with Crippen molar-refractivity contribution in [2.45, 2.75) is 5.41 Å². The molecule has 12 rings (SSSR count). The van der Waals surface area contributed by atoms with Gasteiger partial charge < -0.3 is 4.42 Å². The van der Waals surface area contributed by atoms with Crippen LogP contribution in [0.1, 0.15) is 22.3 Å². The third-order valence-corrected chi connectivity index (χ3v) is 11.9. The van der Waals surface area contributed by atoms with Crippen LogP contribution in [-0.2, 0) is 5.41 Å². The highest BCUT2D eigenvalue weighted by Crippen LogP contribution is 2.58. The van der Waals surface area contributed by atoms with Crippen molar-refractivity contribution >= 4 is 43.7 Å². The molecule has 0 N–H and O–H groups in total. The summed E-state index contributed by atoms with van der Waals surface area (Å²) in [4.78, 5) is 10.6. The number of para-hydroxylation sites is 3. The Morgan fingerprint density at radius 3 is 1.65 bits per heavy atom. The van der Waals surface area contributed by atoms with Crippen LogP contribution in [-0.4, -0.2) is 14.5 Å². The van der Waals surface area contributed by atoms with Crippen molar-refractivity contribution in [1.29, 1.82) is 0 Å². The maximum absolute atomic E-state index is 6.87. The summed E-state index contributed by atoms with van der Waals surface area (Å²) in [7, 11) is 0. The Balaban J connectivity index is 1.17. The summed E-state index contributed by atoms with van der Waals surface area (Å²) in [6.45, 7) is 0. The highest BCUT2D eigenvalue weighted by Gasteiger charge is 2.47. The number of benzene rings is 8. The summed E-state index contributed by atoms with van der Waals surface area (Å²) < 4.78 is 9.10. The van der Waals surface area contributed by atoms with E-state index in [1.54, 1.807) is 0 Å². The van der Waals surface area contributed by atoms with Gasteiger partial charge in [-0.25, -0.2) is 9.97 Å². The fourth-order valence-corrected chi connectivity index (χ4v) is 9.50. The van der Waals surface area contributed by atoms with Gasteiger partial charge in [0.15, 0.2) is 0 Å². The molecule has 4 nitrogen and oxygen atoms in total. The lowest BCUT2D eigenvalue weighted by Gasteiger charge is -2.34. The molecule has 3 heterocycles. The SMILES string of the molecule is c1ccc(-c2cc(-c3ccccc3)nc(-n3c4ccccc4c4cc(C5(c6cccc7c6oc6ccccc67)c6ccccc6-c6ccccc65)ccc43)n2)cc1. The van der Waals surface area contributed by atoms with Crippen LogP contribution in [0.4, 0.5) is 0 Å². The van der Waals surface area contributed by atoms with Gasteiger partial charge >= 0.3 is 0 Å². The molecule has 1 aliphatic carbocycles. The molecule has 57 heavy (non-hydrogen) atoms. The Morgan fingerprint density at radius 2 is 0.947 bits per heavy atom. The van der Waals surface area contributed by atoms with Gasteiger partial charge in [0.05, 0.1) is 27.8 Å². The fraction of sp³-hybridized carbons (Fsp3) is 0.0189.